The Morgan fingerprint density at radius 3 is 2.67 bits per heavy atom. The molecule has 0 spiro atoms. The summed E-state index contributed by atoms with van der Waals surface area (Å²) in [4.78, 5) is 2.08. The molecule has 2 heterocycles. The number of nitrogens with one attached hydrogen (secondary N) is 2. The maximum Gasteiger partial charge on any atom is 0.250 e. The van der Waals surface area contributed by atoms with Crippen molar-refractivity contribution in [3.05, 3.63) is 39.4 Å². The van der Waals surface area contributed by atoms with Crippen molar-refractivity contribution < 1.29 is 8.42 Å². The van der Waals surface area contributed by atoms with Gasteiger partial charge >= 0.3 is 0 Å². The topological polar surface area (TPSA) is 58.2 Å². The highest BCUT2D eigenvalue weighted by Crippen LogP contribution is 2.27. The van der Waals surface area contributed by atoms with Crippen LogP contribution >= 0.6 is 22.7 Å². The van der Waals surface area contributed by atoms with Crippen LogP contribution in [0.2, 0.25) is 0 Å². The third-order valence-corrected chi connectivity index (χ3v) is 7.08. The zero-order chi connectivity index (χ0) is 15.3. The quantitative estimate of drug-likeness (QED) is 0.772. The van der Waals surface area contributed by atoms with E-state index in [2.05, 4.69) is 10.0 Å². The van der Waals surface area contributed by atoms with Crippen LogP contribution in [0, 0.1) is 0 Å². The number of rotatable bonds is 8. The Balaban J connectivity index is 2.12. The van der Waals surface area contributed by atoms with Crippen molar-refractivity contribution in [2.45, 2.75) is 37.1 Å². The Kier molecular flexibility index (Phi) is 5.95. The van der Waals surface area contributed by atoms with Crippen LogP contribution in [-0.4, -0.2) is 15.0 Å². The van der Waals surface area contributed by atoms with Crippen LogP contribution in [0.3, 0.4) is 0 Å². The van der Waals surface area contributed by atoms with Gasteiger partial charge in [0.05, 0.1) is 6.04 Å². The average Bonchev–Trinajstić information content (AvgIpc) is 3.13. The van der Waals surface area contributed by atoms with Crippen molar-refractivity contribution >= 4 is 32.7 Å². The van der Waals surface area contributed by atoms with Gasteiger partial charge in [-0.1, -0.05) is 19.9 Å². The summed E-state index contributed by atoms with van der Waals surface area (Å²) in [5.74, 6) is 0. The first-order valence-corrected chi connectivity index (χ1v) is 10.1. The smallest absolute Gasteiger partial charge is 0.250 e. The first-order chi connectivity index (χ1) is 10.1. The predicted octanol–water partition coefficient (Wildman–Crippen LogP) is 3.35. The molecule has 2 aromatic heterocycles. The zero-order valence-corrected chi connectivity index (χ0v) is 14.6. The van der Waals surface area contributed by atoms with Crippen molar-refractivity contribution in [2.75, 3.05) is 6.54 Å². The lowest BCUT2D eigenvalue weighted by Crippen LogP contribution is -2.27. The van der Waals surface area contributed by atoms with Gasteiger partial charge in [-0.3, -0.25) is 0 Å². The van der Waals surface area contributed by atoms with E-state index in [9.17, 15) is 8.42 Å². The SMILES string of the molecule is CCNCc1ccc(S(=O)(=O)NC(CC)c2cccs2)s1. The minimum absolute atomic E-state index is 0.158. The molecule has 0 aromatic carbocycles. The van der Waals surface area contributed by atoms with Crippen LogP contribution in [-0.2, 0) is 16.6 Å². The minimum Gasteiger partial charge on any atom is -0.312 e. The normalized spacial score (nSPS) is 13.4. The molecule has 0 aliphatic rings. The molecule has 0 radical (unpaired) electrons. The number of hydrogen-bond donors (Lipinski definition) is 2. The fourth-order valence-corrected chi connectivity index (χ4v) is 5.50. The molecule has 2 rings (SSSR count). The molecule has 1 atom stereocenters. The van der Waals surface area contributed by atoms with E-state index in [1.165, 1.54) is 11.3 Å². The Bertz CT molecular complexity index is 648. The second-order valence-electron chi connectivity index (χ2n) is 4.60. The lowest BCUT2D eigenvalue weighted by molar-refractivity contribution is 0.555. The second kappa shape index (κ2) is 7.51. The molecule has 2 aromatic rings. The van der Waals surface area contributed by atoms with Gasteiger partial charge < -0.3 is 5.32 Å². The van der Waals surface area contributed by atoms with Gasteiger partial charge in [-0.05, 0) is 36.5 Å². The molecule has 0 saturated heterocycles. The molecular formula is C14H20N2O2S3. The van der Waals surface area contributed by atoms with Crippen molar-refractivity contribution in [1.82, 2.24) is 10.0 Å². The Hall–Kier alpha value is -0.730. The Morgan fingerprint density at radius 2 is 2.05 bits per heavy atom. The molecule has 21 heavy (non-hydrogen) atoms. The molecule has 0 bridgehead atoms. The lowest BCUT2D eigenvalue weighted by atomic mass is 10.2. The summed E-state index contributed by atoms with van der Waals surface area (Å²) in [6, 6.07) is 7.30. The summed E-state index contributed by atoms with van der Waals surface area (Å²) in [7, 11) is -3.45. The van der Waals surface area contributed by atoms with Crippen LogP contribution in [0.25, 0.3) is 0 Å². The number of thiophene rings is 2. The first kappa shape index (κ1) is 16.6. The van der Waals surface area contributed by atoms with Crippen LogP contribution in [0.4, 0.5) is 0 Å². The fraction of sp³-hybridized carbons (Fsp3) is 0.429. The van der Waals surface area contributed by atoms with Gasteiger partial charge in [0.2, 0.25) is 0 Å². The maximum absolute atomic E-state index is 12.5. The molecule has 7 heteroatoms. The van der Waals surface area contributed by atoms with E-state index in [1.54, 1.807) is 17.4 Å². The van der Waals surface area contributed by atoms with Gasteiger partial charge in [-0.2, -0.15) is 0 Å². The molecule has 2 N–H and O–H groups in total. The van der Waals surface area contributed by atoms with E-state index in [0.717, 1.165) is 22.7 Å². The standard InChI is InChI=1S/C14H20N2O2S3/c1-3-12(13-6-5-9-19-13)16-21(17,18)14-8-7-11(20-14)10-15-4-2/h5-9,12,15-16H,3-4,10H2,1-2H3. The van der Waals surface area contributed by atoms with E-state index in [1.807, 2.05) is 37.4 Å². The Labute approximate surface area is 134 Å². The average molecular weight is 345 g/mol. The lowest BCUT2D eigenvalue weighted by Gasteiger charge is -2.14. The molecule has 0 aliphatic heterocycles. The molecule has 4 nitrogen and oxygen atoms in total. The highest BCUT2D eigenvalue weighted by molar-refractivity contribution is 7.91. The van der Waals surface area contributed by atoms with Crippen molar-refractivity contribution in [2.24, 2.45) is 0 Å². The maximum atomic E-state index is 12.5. The molecule has 116 valence electrons. The van der Waals surface area contributed by atoms with Crippen molar-refractivity contribution in [3.63, 3.8) is 0 Å². The summed E-state index contributed by atoms with van der Waals surface area (Å²) in [5, 5.41) is 5.16. The van der Waals surface area contributed by atoms with Crippen molar-refractivity contribution in [1.29, 1.82) is 0 Å². The zero-order valence-electron chi connectivity index (χ0n) is 12.1. The largest absolute Gasteiger partial charge is 0.312 e. The molecule has 0 aliphatic carbocycles. The van der Waals surface area contributed by atoms with Gasteiger partial charge in [0.25, 0.3) is 10.0 Å². The number of hydrogen-bond acceptors (Lipinski definition) is 5. The van der Waals surface area contributed by atoms with Crippen LogP contribution < -0.4 is 10.0 Å². The minimum atomic E-state index is -3.45. The summed E-state index contributed by atoms with van der Waals surface area (Å²) >= 11 is 2.89. The van der Waals surface area contributed by atoms with Crippen LogP contribution in [0.15, 0.2) is 33.9 Å². The van der Waals surface area contributed by atoms with Crippen molar-refractivity contribution in [3.8, 4) is 0 Å². The van der Waals surface area contributed by atoms with Crippen LogP contribution in [0.1, 0.15) is 36.1 Å². The molecule has 1 unspecified atom stereocenters. The monoisotopic (exact) mass is 344 g/mol. The predicted molar refractivity (Wildman–Crippen MR) is 89.4 cm³/mol. The highest BCUT2D eigenvalue weighted by Gasteiger charge is 2.22. The molecular weight excluding hydrogens is 324 g/mol. The van der Waals surface area contributed by atoms with Gasteiger partial charge in [-0.25, -0.2) is 13.1 Å². The molecule has 0 amide bonds. The van der Waals surface area contributed by atoms with Gasteiger partial charge in [-0.15, -0.1) is 22.7 Å². The van der Waals surface area contributed by atoms with E-state index < -0.39 is 10.0 Å². The second-order valence-corrected chi connectivity index (χ2v) is 8.69. The molecule has 0 saturated carbocycles. The summed E-state index contributed by atoms with van der Waals surface area (Å²) < 4.78 is 28.1. The summed E-state index contributed by atoms with van der Waals surface area (Å²) in [6.45, 7) is 5.59. The third kappa shape index (κ3) is 4.37. The van der Waals surface area contributed by atoms with Gasteiger partial charge in [0.15, 0.2) is 0 Å². The molecule has 0 fully saturated rings. The number of sulfonamides is 1. The van der Waals surface area contributed by atoms with Gasteiger partial charge in [0.1, 0.15) is 4.21 Å². The van der Waals surface area contributed by atoms with Crippen LogP contribution in [0.5, 0.6) is 0 Å². The third-order valence-electron chi connectivity index (χ3n) is 3.04. The van der Waals surface area contributed by atoms with E-state index >= 15 is 0 Å². The summed E-state index contributed by atoms with van der Waals surface area (Å²) in [5.41, 5.74) is 0. The Morgan fingerprint density at radius 1 is 1.24 bits per heavy atom. The summed E-state index contributed by atoms with van der Waals surface area (Å²) in [6.07, 6.45) is 0.732. The van der Waals surface area contributed by atoms with E-state index in [-0.39, 0.29) is 6.04 Å². The van der Waals surface area contributed by atoms with E-state index in [0.29, 0.717) is 10.8 Å². The fourth-order valence-electron chi connectivity index (χ4n) is 1.92. The first-order valence-electron chi connectivity index (χ1n) is 6.92. The van der Waals surface area contributed by atoms with Gasteiger partial charge in [0, 0.05) is 16.3 Å². The van der Waals surface area contributed by atoms with E-state index in [4.69, 9.17) is 0 Å². The highest BCUT2D eigenvalue weighted by atomic mass is 32.2.